The van der Waals surface area contributed by atoms with Crippen molar-refractivity contribution < 1.29 is 9.90 Å². The molecule has 0 atom stereocenters. The van der Waals surface area contributed by atoms with E-state index >= 15 is 0 Å². The Hall–Kier alpha value is -2.82. The van der Waals surface area contributed by atoms with Crippen LogP contribution in [0.15, 0.2) is 53.6 Å². The lowest BCUT2D eigenvalue weighted by Gasteiger charge is -2.22. The molecule has 1 amide bonds. The van der Waals surface area contributed by atoms with E-state index in [-0.39, 0.29) is 11.7 Å². The molecule has 0 bridgehead atoms. The maximum absolute atomic E-state index is 11.9. The third-order valence-corrected chi connectivity index (χ3v) is 4.37. The molecule has 2 aromatic carbocycles. The topological polar surface area (TPSA) is 64.9 Å². The van der Waals surface area contributed by atoms with Gasteiger partial charge in [-0.2, -0.15) is 5.10 Å². The Kier molecular flexibility index (Phi) is 5.67. The average molecular weight is 337 g/mol. The molecular weight excluding hydrogens is 314 g/mol. The first-order valence-electron chi connectivity index (χ1n) is 8.70. The predicted molar refractivity (Wildman–Crippen MR) is 100 cm³/mol. The Labute approximate surface area is 148 Å². The highest BCUT2D eigenvalue weighted by Gasteiger charge is 2.09. The van der Waals surface area contributed by atoms with Gasteiger partial charge in [-0.1, -0.05) is 25.0 Å². The van der Waals surface area contributed by atoms with Gasteiger partial charge in [0.15, 0.2) is 0 Å². The van der Waals surface area contributed by atoms with Crippen molar-refractivity contribution in [3.63, 3.8) is 0 Å². The molecule has 2 N–H and O–H groups in total. The molecule has 0 unspecified atom stereocenters. The molecule has 3 rings (SSSR count). The van der Waals surface area contributed by atoms with Gasteiger partial charge in [0.1, 0.15) is 5.75 Å². The molecule has 0 radical (unpaired) electrons. The van der Waals surface area contributed by atoms with Crippen molar-refractivity contribution in [1.29, 1.82) is 0 Å². The molecule has 1 fully saturated rings. The van der Waals surface area contributed by atoms with Gasteiger partial charge in [0.05, 0.1) is 6.21 Å². The summed E-state index contributed by atoms with van der Waals surface area (Å²) in [5, 5.41) is 13.2. The van der Waals surface area contributed by atoms with Gasteiger partial charge in [0.25, 0.3) is 5.91 Å². The Morgan fingerprint density at radius 3 is 2.24 bits per heavy atom. The van der Waals surface area contributed by atoms with E-state index in [2.05, 4.69) is 27.6 Å². The zero-order chi connectivity index (χ0) is 17.5. The highest BCUT2D eigenvalue weighted by atomic mass is 16.3. The van der Waals surface area contributed by atoms with Crippen LogP contribution in [0.1, 0.15) is 41.6 Å². The summed E-state index contributed by atoms with van der Waals surface area (Å²) in [7, 11) is 0. The lowest BCUT2D eigenvalue weighted by molar-refractivity contribution is 0.0955. The zero-order valence-electron chi connectivity index (χ0n) is 14.2. The van der Waals surface area contributed by atoms with Crippen molar-refractivity contribution in [2.24, 2.45) is 5.10 Å². The summed E-state index contributed by atoms with van der Waals surface area (Å²) in [6.45, 7) is 2.24. The SMILES string of the molecule is O=C(N/N=C\c1ccc(N2CCCCCC2)cc1)c1ccc(O)cc1. The first-order valence-corrected chi connectivity index (χ1v) is 8.70. The second kappa shape index (κ2) is 8.33. The van der Waals surface area contributed by atoms with Crippen LogP contribution < -0.4 is 10.3 Å². The van der Waals surface area contributed by atoms with E-state index in [4.69, 9.17) is 0 Å². The zero-order valence-corrected chi connectivity index (χ0v) is 14.2. The van der Waals surface area contributed by atoms with E-state index in [1.54, 1.807) is 18.3 Å². The lowest BCUT2D eigenvalue weighted by Crippen LogP contribution is -2.23. The number of hydrazone groups is 1. The summed E-state index contributed by atoms with van der Waals surface area (Å²) in [5.74, 6) is -0.179. The highest BCUT2D eigenvalue weighted by molar-refractivity contribution is 5.95. The highest BCUT2D eigenvalue weighted by Crippen LogP contribution is 2.19. The third-order valence-electron chi connectivity index (χ3n) is 4.37. The van der Waals surface area contributed by atoms with Gasteiger partial charge in [0.2, 0.25) is 0 Å². The van der Waals surface area contributed by atoms with Crippen molar-refractivity contribution in [1.82, 2.24) is 5.43 Å². The van der Waals surface area contributed by atoms with E-state index in [1.165, 1.54) is 43.5 Å². The first-order chi connectivity index (χ1) is 12.2. The number of phenols is 1. The minimum Gasteiger partial charge on any atom is -0.508 e. The molecule has 130 valence electrons. The van der Waals surface area contributed by atoms with Crippen LogP contribution in [0.25, 0.3) is 0 Å². The molecule has 1 heterocycles. The number of hydrogen-bond donors (Lipinski definition) is 2. The van der Waals surface area contributed by atoms with Gasteiger partial charge in [-0.05, 0) is 54.8 Å². The number of aromatic hydroxyl groups is 1. The molecule has 25 heavy (non-hydrogen) atoms. The van der Waals surface area contributed by atoms with E-state index < -0.39 is 0 Å². The summed E-state index contributed by atoms with van der Waals surface area (Å²) in [4.78, 5) is 14.4. The molecule has 0 aromatic heterocycles. The van der Waals surface area contributed by atoms with E-state index in [1.807, 2.05) is 12.1 Å². The normalized spacial score (nSPS) is 15.1. The number of hydrogen-bond acceptors (Lipinski definition) is 4. The van der Waals surface area contributed by atoms with Crippen LogP contribution in [0.5, 0.6) is 5.75 Å². The number of benzene rings is 2. The van der Waals surface area contributed by atoms with E-state index in [0.717, 1.165) is 18.7 Å². The monoisotopic (exact) mass is 337 g/mol. The van der Waals surface area contributed by atoms with Crippen LogP contribution >= 0.6 is 0 Å². The fourth-order valence-electron chi connectivity index (χ4n) is 2.94. The first kappa shape index (κ1) is 17.0. The maximum Gasteiger partial charge on any atom is 0.271 e. The molecule has 0 spiro atoms. The lowest BCUT2D eigenvalue weighted by atomic mass is 10.2. The third kappa shape index (κ3) is 4.83. The summed E-state index contributed by atoms with van der Waals surface area (Å²) < 4.78 is 0. The second-order valence-corrected chi connectivity index (χ2v) is 6.24. The smallest absolute Gasteiger partial charge is 0.271 e. The van der Waals surface area contributed by atoms with Crippen molar-refractivity contribution in [3.8, 4) is 5.75 Å². The molecule has 2 aromatic rings. The van der Waals surface area contributed by atoms with Crippen LogP contribution in [-0.2, 0) is 0 Å². The maximum atomic E-state index is 11.9. The van der Waals surface area contributed by atoms with Gasteiger partial charge in [0, 0.05) is 24.3 Å². The number of carbonyl (C=O) groups excluding carboxylic acids is 1. The number of nitrogens with zero attached hydrogens (tertiary/aromatic N) is 2. The number of anilines is 1. The van der Waals surface area contributed by atoms with E-state index in [0.29, 0.717) is 5.56 Å². The summed E-state index contributed by atoms with van der Waals surface area (Å²) in [5.41, 5.74) is 5.12. The number of phenolic OH excluding ortho intramolecular Hbond substituents is 1. The minimum atomic E-state index is -0.308. The Balaban J connectivity index is 1.56. The largest absolute Gasteiger partial charge is 0.508 e. The van der Waals surface area contributed by atoms with Gasteiger partial charge in [-0.25, -0.2) is 5.43 Å². The number of carbonyl (C=O) groups is 1. The van der Waals surface area contributed by atoms with Crippen molar-refractivity contribution in [2.75, 3.05) is 18.0 Å². The average Bonchev–Trinajstić information content (AvgIpc) is 2.92. The number of nitrogens with one attached hydrogen (secondary N) is 1. The van der Waals surface area contributed by atoms with Gasteiger partial charge >= 0.3 is 0 Å². The minimum absolute atomic E-state index is 0.129. The Morgan fingerprint density at radius 2 is 1.60 bits per heavy atom. The number of amides is 1. The molecule has 0 aliphatic carbocycles. The predicted octanol–water partition coefficient (Wildman–Crippen LogP) is 3.54. The Morgan fingerprint density at radius 1 is 0.960 bits per heavy atom. The van der Waals surface area contributed by atoms with Crippen LogP contribution in [0.4, 0.5) is 5.69 Å². The van der Waals surface area contributed by atoms with Gasteiger partial charge < -0.3 is 10.0 Å². The number of rotatable bonds is 4. The van der Waals surface area contributed by atoms with Crippen molar-refractivity contribution in [2.45, 2.75) is 25.7 Å². The van der Waals surface area contributed by atoms with Crippen LogP contribution in [0.3, 0.4) is 0 Å². The molecule has 5 nitrogen and oxygen atoms in total. The van der Waals surface area contributed by atoms with Crippen molar-refractivity contribution >= 4 is 17.8 Å². The van der Waals surface area contributed by atoms with E-state index in [9.17, 15) is 9.90 Å². The second-order valence-electron chi connectivity index (χ2n) is 6.24. The summed E-state index contributed by atoms with van der Waals surface area (Å²) in [6.07, 6.45) is 6.79. The summed E-state index contributed by atoms with van der Waals surface area (Å²) in [6, 6.07) is 14.3. The van der Waals surface area contributed by atoms with Crippen molar-refractivity contribution in [3.05, 3.63) is 59.7 Å². The molecule has 5 heteroatoms. The van der Waals surface area contributed by atoms with Crippen LogP contribution in [-0.4, -0.2) is 30.3 Å². The van der Waals surface area contributed by atoms with Gasteiger partial charge in [-0.3, -0.25) is 4.79 Å². The fraction of sp³-hybridized carbons (Fsp3) is 0.300. The summed E-state index contributed by atoms with van der Waals surface area (Å²) >= 11 is 0. The van der Waals surface area contributed by atoms with Crippen LogP contribution in [0.2, 0.25) is 0 Å². The quantitative estimate of drug-likeness (QED) is 0.662. The molecule has 1 aliphatic heterocycles. The molecular formula is C20H23N3O2. The Bertz CT molecular complexity index is 716. The van der Waals surface area contributed by atoms with Gasteiger partial charge in [-0.15, -0.1) is 0 Å². The molecule has 1 aliphatic rings. The molecule has 1 saturated heterocycles. The standard InChI is InChI=1S/C20H23N3O2/c24-19-11-7-17(8-12-19)20(25)22-21-15-16-5-9-18(10-6-16)23-13-3-1-2-4-14-23/h5-12,15,24H,1-4,13-14H2,(H,22,25)/b21-15-. The fourth-order valence-corrected chi connectivity index (χ4v) is 2.94. The van der Waals surface area contributed by atoms with Crippen LogP contribution in [0, 0.1) is 0 Å². The molecule has 0 saturated carbocycles.